The Morgan fingerprint density at radius 3 is 2.32 bits per heavy atom. The van der Waals surface area contributed by atoms with E-state index in [0.29, 0.717) is 17.7 Å². The number of fused-ring (bicyclic) bond motifs is 1. The van der Waals surface area contributed by atoms with E-state index in [2.05, 4.69) is 5.32 Å². The fourth-order valence-corrected chi connectivity index (χ4v) is 3.36. The Kier molecular flexibility index (Phi) is 6.46. The van der Waals surface area contributed by atoms with E-state index in [4.69, 9.17) is 10.00 Å². The molecule has 0 fully saturated rings. The molecule has 2 atom stereocenters. The molecule has 158 valence electrons. The highest BCUT2D eigenvalue weighted by molar-refractivity contribution is 6.22. The molecule has 0 aliphatic carbocycles. The molecule has 0 saturated heterocycles. The maximum atomic E-state index is 12.8. The number of carbonyl (C=O) groups excluding carboxylic acids is 4. The van der Waals surface area contributed by atoms with E-state index in [-0.39, 0.29) is 17.0 Å². The Morgan fingerprint density at radius 2 is 1.74 bits per heavy atom. The van der Waals surface area contributed by atoms with E-state index in [9.17, 15) is 19.2 Å². The molecular formula is C23H21N3O5. The molecular weight excluding hydrogens is 398 g/mol. The average Bonchev–Trinajstić information content (AvgIpc) is 3.03. The quantitative estimate of drug-likeness (QED) is 0.545. The van der Waals surface area contributed by atoms with Crippen LogP contribution in [0.4, 0.5) is 5.69 Å². The second-order valence-corrected chi connectivity index (χ2v) is 7.20. The van der Waals surface area contributed by atoms with Crippen molar-refractivity contribution in [1.29, 1.82) is 5.26 Å². The lowest BCUT2D eigenvalue weighted by Crippen LogP contribution is -2.49. The van der Waals surface area contributed by atoms with Crippen molar-refractivity contribution in [3.05, 3.63) is 65.2 Å². The minimum Gasteiger partial charge on any atom is -0.454 e. The maximum absolute atomic E-state index is 12.8. The van der Waals surface area contributed by atoms with Crippen LogP contribution in [0.5, 0.6) is 0 Å². The summed E-state index contributed by atoms with van der Waals surface area (Å²) in [6, 6.07) is 13.5. The number of hydrogen-bond donors (Lipinski definition) is 1. The van der Waals surface area contributed by atoms with Gasteiger partial charge in [-0.2, -0.15) is 5.26 Å². The van der Waals surface area contributed by atoms with Crippen molar-refractivity contribution in [2.45, 2.75) is 26.3 Å². The Balaban J connectivity index is 1.71. The lowest BCUT2D eigenvalue weighted by Gasteiger charge is -2.28. The van der Waals surface area contributed by atoms with Crippen LogP contribution in [-0.2, 0) is 14.3 Å². The Labute approximate surface area is 179 Å². The number of imide groups is 1. The van der Waals surface area contributed by atoms with E-state index in [1.165, 1.54) is 18.2 Å². The molecule has 0 spiro atoms. The summed E-state index contributed by atoms with van der Waals surface area (Å²) in [7, 11) is 0. The van der Waals surface area contributed by atoms with Crippen molar-refractivity contribution >= 4 is 29.4 Å². The summed E-state index contributed by atoms with van der Waals surface area (Å²) >= 11 is 0. The number of rotatable bonds is 7. The van der Waals surface area contributed by atoms with Gasteiger partial charge in [0.05, 0.1) is 22.8 Å². The number of carbonyl (C=O) groups is 4. The Morgan fingerprint density at radius 1 is 1.10 bits per heavy atom. The van der Waals surface area contributed by atoms with Gasteiger partial charge >= 0.3 is 5.97 Å². The van der Waals surface area contributed by atoms with Crippen molar-refractivity contribution in [3.63, 3.8) is 0 Å². The highest BCUT2D eigenvalue weighted by Gasteiger charge is 2.45. The van der Waals surface area contributed by atoms with Gasteiger partial charge in [0.15, 0.2) is 6.61 Å². The standard InChI is InChI=1S/C23H21N3O5/c1-3-14(2)20(26-21(28)17-9-4-5-10-18(17)22(26)29)23(30)31-13-19(27)25-16-8-6-7-15(11-16)12-24/h4-11,14,20H,3,13H2,1-2H3,(H,25,27)/t14-,20-/m0/s1. The van der Waals surface area contributed by atoms with Gasteiger partial charge in [0.1, 0.15) is 6.04 Å². The third-order valence-corrected chi connectivity index (χ3v) is 5.15. The summed E-state index contributed by atoms with van der Waals surface area (Å²) in [5.41, 5.74) is 1.24. The van der Waals surface area contributed by atoms with Gasteiger partial charge in [0.2, 0.25) is 0 Å². The number of hydrogen-bond acceptors (Lipinski definition) is 6. The topological polar surface area (TPSA) is 117 Å². The van der Waals surface area contributed by atoms with Crippen LogP contribution in [0.15, 0.2) is 48.5 Å². The third kappa shape index (κ3) is 4.46. The summed E-state index contributed by atoms with van der Waals surface area (Å²) in [6.07, 6.45) is 0.514. The molecule has 1 aliphatic rings. The highest BCUT2D eigenvalue weighted by atomic mass is 16.5. The first-order chi connectivity index (χ1) is 14.9. The maximum Gasteiger partial charge on any atom is 0.330 e. The Bertz CT molecular complexity index is 1050. The van der Waals surface area contributed by atoms with E-state index in [1.807, 2.05) is 13.0 Å². The lowest BCUT2D eigenvalue weighted by molar-refractivity contribution is -0.152. The minimum atomic E-state index is -1.15. The van der Waals surface area contributed by atoms with Crippen molar-refractivity contribution in [2.24, 2.45) is 5.92 Å². The molecule has 0 bridgehead atoms. The van der Waals surface area contributed by atoms with Crippen LogP contribution in [0.2, 0.25) is 0 Å². The minimum absolute atomic E-state index is 0.240. The van der Waals surface area contributed by atoms with Crippen LogP contribution in [0, 0.1) is 17.2 Å². The lowest BCUT2D eigenvalue weighted by atomic mass is 9.97. The van der Waals surface area contributed by atoms with Crippen LogP contribution in [0.1, 0.15) is 46.5 Å². The molecule has 0 aromatic heterocycles. The molecule has 8 nitrogen and oxygen atoms in total. The number of nitriles is 1. The van der Waals surface area contributed by atoms with E-state index in [1.54, 1.807) is 37.3 Å². The number of nitrogens with zero attached hydrogens (tertiary/aromatic N) is 2. The van der Waals surface area contributed by atoms with E-state index >= 15 is 0 Å². The molecule has 3 amide bonds. The fraction of sp³-hybridized carbons (Fsp3) is 0.261. The Hall–Kier alpha value is -3.99. The van der Waals surface area contributed by atoms with Crippen LogP contribution >= 0.6 is 0 Å². The fourth-order valence-electron chi connectivity index (χ4n) is 3.36. The van der Waals surface area contributed by atoms with Crippen molar-refractivity contribution < 1.29 is 23.9 Å². The van der Waals surface area contributed by atoms with Gasteiger partial charge < -0.3 is 10.1 Å². The van der Waals surface area contributed by atoms with E-state index < -0.39 is 36.3 Å². The zero-order valence-electron chi connectivity index (χ0n) is 17.1. The molecule has 31 heavy (non-hydrogen) atoms. The molecule has 0 radical (unpaired) electrons. The number of anilines is 1. The number of benzene rings is 2. The smallest absolute Gasteiger partial charge is 0.330 e. The first kappa shape index (κ1) is 21.7. The monoisotopic (exact) mass is 419 g/mol. The zero-order valence-corrected chi connectivity index (χ0v) is 17.1. The third-order valence-electron chi connectivity index (χ3n) is 5.15. The summed E-state index contributed by atoms with van der Waals surface area (Å²) in [5.74, 6) is -2.91. The molecule has 0 unspecified atom stereocenters. The van der Waals surface area contributed by atoms with Gasteiger partial charge in [-0.25, -0.2) is 4.79 Å². The molecule has 0 saturated carbocycles. The van der Waals surface area contributed by atoms with Gasteiger partial charge in [-0.15, -0.1) is 0 Å². The predicted molar refractivity (Wildman–Crippen MR) is 111 cm³/mol. The van der Waals surface area contributed by atoms with Crippen LogP contribution in [-0.4, -0.2) is 41.2 Å². The highest BCUT2D eigenvalue weighted by Crippen LogP contribution is 2.28. The molecule has 2 aromatic carbocycles. The van der Waals surface area contributed by atoms with Crippen molar-refractivity contribution in [2.75, 3.05) is 11.9 Å². The predicted octanol–water partition coefficient (Wildman–Crippen LogP) is 2.75. The SMILES string of the molecule is CC[C@H](C)[C@@H](C(=O)OCC(=O)Nc1cccc(C#N)c1)N1C(=O)c2ccccc2C1=O. The molecule has 3 rings (SSSR count). The largest absolute Gasteiger partial charge is 0.454 e. The van der Waals surface area contributed by atoms with Gasteiger partial charge in [-0.05, 0) is 36.2 Å². The second kappa shape index (κ2) is 9.22. The zero-order chi connectivity index (χ0) is 22.5. The van der Waals surface area contributed by atoms with E-state index in [0.717, 1.165) is 4.90 Å². The molecule has 1 N–H and O–H groups in total. The van der Waals surface area contributed by atoms with Crippen molar-refractivity contribution in [1.82, 2.24) is 4.90 Å². The summed E-state index contributed by atoms with van der Waals surface area (Å²) in [6.45, 7) is 2.98. The van der Waals surface area contributed by atoms with Gasteiger partial charge in [0.25, 0.3) is 17.7 Å². The van der Waals surface area contributed by atoms with Crippen molar-refractivity contribution in [3.8, 4) is 6.07 Å². The van der Waals surface area contributed by atoms with Gasteiger partial charge in [-0.1, -0.05) is 38.5 Å². The summed E-state index contributed by atoms with van der Waals surface area (Å²) in [5, 5.41) is 11.5. The number of esters is 1. The number of ether oxygens (including phenoxy) is 1. The number of nitrogens with one attached hydrogen (secondary N) is 1. The van der Waals surface area contributed by atoms with Gasteiger partial charge in [-0.3, -0.25) is 19.3 Å². The average molecular weight is 419 g/mol. The van der Waals surface area contributed by atoms with Gasteiger partial charge in [0, 0.05) is 5.69 Å². The second-order valence-electron chi connectivity index (χ2n) is 7.20. The first-order valence-corrected chi connectivity index (χ1v) is 9.81. The number of amides is 3. The van der Waals surface area contributed by atoms with Crippen LogP contribution < -0.4 is 5.32 Å². The normalized spacial score (nSPS) is 14.4. The molecule has 8 heteroatoms. The van der Waals surface area contributed by atoms with Crippen LogP contribution in [0.25, 0.3) is 0 Å². The first-order valence-electron chi connectivity index (χ1n) is 9.81. The summed E-state index contributed by atoms with van der Waals surface area (Å²) in [4.78, 5) is 51.6. The summed E-state index contributed by atoms with van der Waals surface area (Å²) < 4.78 is 5.16. The molecule has 2 aromatic rings. The molecule has 1 heterocycles. The molecule has 1 aliphatic heterocycles. The van der Waals surface area contributed by atoms with Crippen LogP contribution in [0.3, 0.4) is 0 Å².